The van der Waals surface area contributed by atoms with Crippen LogP contribution in [-0.2, 0) is 33.6 Å². The van der Waals surface area contributed by atoms with Crippen LogP contribution in [0.5, 0.6) is 0 Å². The number of carboxylic acids is 3. The molecule has 1 aromatic heterocycles. The van der Waals surface area contributed by atoms with Gasteiger partial charge in [0.15, 0.2) is 5.78 Å². The van der Waals surface area contributed by atoms with Gasteiger partial charge in [0.2, 0.25) is 23.6 Å². The van der Waals surface area contributed by atoms with Crippen molar-refractivity contribution in [3.8, 4) is 0 Å². The van der Waals surface area contributed by atoms with Crippen molar-refractivity contribution in [1.29, 1.82) is 0 Å². The molecule has 0 saturated heterocycles. The Balaban J connectivity index is 2.40. The van der Waals surface area contributed by atoms with Gasteiger partial charge in [-0.05, 0) is 30.9 Å². The predicted octanol–water partition coefficient (Wildman–Crippen LogP) is -0.704. The number of fused-ring (bicyclic) bond motifs is 1. The fraction of sp³-hybridized carbons (Fsp3) is 0.433. The summed E-state index contributed by atoms with van der Waals surface area (Å²) in [6.45, 7) is 5.49. The number of hydrogen-bond donors (Lipinski definition) is 8. The molecule has 4 atom stereocenters. The van der Waals surface area contributed by atoms with E-state index >= 15 is 0 Å². The van der Waals surface area contributed by atoms with Gasteiger partial charge in [0.1, 0.15) is 35.4 Å². The number of hydrogen-bond acceptors (Lipinski definition) is 11. The van der Waals surface area contributed by atoms with Gasteiger partial charge in [-0.2, -0.15) is 0 Å². The van der Waals surface area contributed by atoms with Crippen molar-refractivity contribution in [2.24, 2.45) is 5.92 Å². The smallest absolute Gasteiger partial charge is 0.359 e. The van der Waals surface area contributed by atoms with Gasteiger partial charge in [0, 0.05) is 24.3 Å². The van der Waals surface area contributed by atoms with Gasteiger partial charge in [-0.25, -0.2) is 4.79 Å². The number of aryl methyl sites for hydroxylation is 1. The molecule has 9 N–H and O–H groups in total. The molecule has 0 bridgehead atoms. The second-order valence-corrected chi connectivity index (χ2v) is 11.2. The lowest BCUT2D eigenvalue weighted by Gasteiger charge is -2.27. The number of carboxylic acid groups (broad SMARTS) is 3. The molecular weight excluding hydrogens is 638 g/mol. The molecule has 0 aliphatic rings. The maximum Gasteiger partial charge on any atom is 0.359 e. The van der Waals surface area contributed by atoms with Gasteiger partial charge in [0.05, 0.1) is 12.8 Å². The topological polar surface area (TPSA) is 302 Å². The van der Waals surface area contributed by atoms with E-state index in [4.69, 9.17) is 20.4 Å². The molecule has 4 amide bonds. The highest BCUT2D eigenvalue weighted by molar-refractivity contribution is 6.13. The minimum atomic E-state index is -1.69. The van der Waals surface area contributed by atoms with Gasteiger partial charge < -0.3 is 46.7 Å². The number of carbonyl (C=O) groups is 8. The molecule has 2 aromatic rings. The van der Waals surface area contributed by atoms with Crippen LogP contribution in [0.25, 0.3) is 11.0 Å². The van der Waals surface area contributed by atoms with E-state index in [9.17, 15) is 48.3 Å². The second-order valence-electron chi connectivity index (χ2n) is 11.2. The number of carbonyl (C=O) groups excluding carboxylic acids is 5. The number of nitrogens with two attached hydrogens (primary N) is 1. The Hall–Kier alpha value is -5.81. The highest BCUT2D eigenvalue weighted by atomic mass is 16.4. The molecule has 0 radical (unpaired) electrons. The lowest BCUT2D eigenvalue weighted by atomic mass is 9.94. The molecular formula is C30H37N5O13. The van der Waals surface area contributed by atoms with Crippen molar-refractivity contribution in [2.45, 2.75) is 77.5 Å². The Kier molecular flexibility index (Phi) is 13.3. The van der Waals surface area contributed by atoms with Crippen LogP contribution in [0.4, 0.5) is 5.69 Å². The summed E-state index contributed by atoms with van der Waals surface area (Å²) in [6.07, 6.45) is -2.88. The van der Waals surface area contributed by atoms with Gasteiger partial charge in [-0.3, -0.25) is 38.4 Å². The summed E-state index contributed by atoms with van der Waals surface area (Å²) in [5.41, 5.74) is 4.75. The number of aliphatic carboxylic acids is 3. The summed E-state index contributed by atoms with van der Waals surface area (Å²) < 4.78 is 5.16. The second kappa shape index (κ2) is 16.7. The van der Waals surface area contributed by atoms with E-state index in [1.54, 1.807) is 0 Å². The maximum atomic E-state index is 13.7. The summed E-state index contributed by atoms with van der Waals surface area (Å²) in [6, 6.07) is -2.29. The monoisotopic (exact) mass is 675 g/mol. The number of ketones is 1. The Morgan fingerprint density at radius 3 is 1.90 bits per heavy atom. The molecule has 260 valence electrons. The first-order valence-electron chi connectivity index (χ1n) is 14.5. The molecule has 1 aromatic carbocycles. The Morgan fingerprint density at radius 1 is 0.792 bits per heavy atom. The van der Waals surface area contributed by atoms with E-state index in [-0.39, 0.29) is 27.8 Å². The van der Waals surface area contributed by atoms with E-state index in [0.717, 1.165) is 6.92 Å². The minimum absolute atomic E-state index is 0.0104. The van der Waals surface area contributed by atoms with Crippen molar-refractivity contribution >= 4 is 64.0 Å². The lowest BCUT2D eigenvalue weighted by Crippen LogP contribution is -2.59. The molecule has 0 fully saturated rings. The summed E-state index contributed by atoms with van der Waals surface area (Å²) >= 11 is 0. The zero-order valence-corrected chi connectivity index (χ0v) is 26.4. The summed E-state index contributed by atoms with van der Waals surface area (Å²) in [4.78, 5) is 111. The maximum absolute atomic E-state index is 13.7. The lowest BCUT2D eigenvalue weighted by molar-refractivity contribution is -0.141. The van der Waals surface area contributed by atoms with Crippen LogP contribution in [-0.4, -0.2) is 86.8 Å². The van der Waals surface area contributed by atoms with Crippen molar-refractivity contribution in [1.82, 2.24) is 21.3 Å². The quantitative estimate of drug-likeness (QED) is 0.0759. The molecule has 1 heterocycles. The SMILES string of the molecule is CC(=O)N[C@@H](CC(=O)O)C(=O)N[C@@H](CCC(=O)O)C(=O)N[C@H](C(=O)N[C@@H](CC(=O)O)C(=O)c1cccc2oc(=O)c(N)c(C)c12)C(C)C. The first kappa shape index (κ1) is 38.4. The third-order valence-electron chi connectivity index (χ3n) is 7.10. The Labute approximate surface area is 272 Å². The number of benzene rings is 1. The molecule has 48 heavy (non-hydrogen) atoms. The number of anilines is 1. The molecule has 2 rings (SSSR count). The summed E-state index contributed by atoms with van der Waals surface area (Å²) in [7, 11) is 0. The van der Waals surface area contributed by atoms with E-state index < -0.39 is 109 Å². The van der Waals surface area contributed by atoms with Crippen molar-refractivity contribution in [2.75, 3.05) is 5.73 Å². The molecule has 0 spiro atoms. The van der Waals surface area contributed by atoms with Gasteiger partial charge in [-0.1, -0.05) is 26.0 Å². The van der Waals surface area contributed by atoms with Crippen LogP contribution in [0.3, 0.4) is 0 Å². The average Bonchev–Trinajstić information content (AvgIpc) is 2.98. The van der Waals surface area contributed by atoms with Gasteiger partial charge >= 0.3 is 23.5 Å². The zero-order valence-electron chi connectivity index (χ0n) is 26.4. The van der Waals surface area contributed by atoms with E-state index in [1.807, 2.05) is 0 Å². The normalized spacial score (nSPS) is 13.4. The van der Waals surface area contributed by atoms with Crippen molar-refractivity contribution in [3.63, 3.8) is 0 Å². The van der Waals surface area contributed by atoms with E-state index in [1.165, 1.54) is 39.0 Å². The molecule has 18 nitrogen and oxygen atoms in total. The third kappa shape index (κ3) is 10.4. The number of Topliss-reactive ketones (excluding diaryl/α,β-unsaturated/α-hetero) is 1. The van der Waals surface area contributed by atoms with Gasteiger partial charge in [-0.15, -0.1) is 0 Å². The summed E-state index contributed by atoms with van der Waals surface area (Å²) in [5, 5.41) is 37.0. The molecule has 0 aliphatic heterocycles. The number of nitrogen functional groups attached to an aromatic ring is 1. The fourth-order valence-electron chi connectivity index (χ4n) is 4.71. The van der Waals surface area contributed by atoms with Crippen LogP contribution in [0.15, 0.2) is 27.4 Å². The zero-order chi connectivity index (χ0) is 36.5. The number of nitrogens with one attached hydrogen (secondary N) is 4. The molecule has 0 saturated carbocycles. The predicted molar refractivity (Wildman–Crippen MR) is 166 cm³/mol. The standard InChI is InChI=1S/C30H37N5O13/c1-12(2)25(35-27(44)16(8-9-20(37)38)33-28(45)18(11-22(41)42)32-14(4)36)29(46)34-17(10-21(39)40)26(43)15-6-5-7-19-23(15)13(3)24(31)30(47)48-19/h5-7,12,16-18,25H,8-11,31H2,1-4H3,(H,32,36)(H,33,45)(H,34,46)(H,35,44)(H,37,38)(H,39,40)(H,41,42)/t16-,17-,18-,25-/m0/s1. The third-order valence-corrected chi connectivity index (χ3v) is 7.10. The molecule has 0 unspecified atom stereocenters. The first-order chi connectivity index (χ1) is 22.3. The van der Waals surface area contributed by atoms with Crippen LogP contribution < -0.4 is 32.6 Å². The first-order valence-corrected chi connectivity index (χ1v) is 14.5. The van der Waals surface area contributed by atoms with Crippen LogP contribution in [0.2, 0.25) is 0 Å². The highest BCUT2D eigenvalue weighted by Crippen LogP contribution is 2.26. The van der Waals surface area contributed by atoms with E-state index in [2.05, 4.69) is 21.3 Å². The fourth-order valence-corrected chi connectivity index (χ4v) is 4.71. The van der Waals surface area contributed by atoms with Crippen molar-refractivity contribution < 1.29 is 58.1 Å². The summed E-state index contributed by atoms with van der Waals surface area (Å²) in [5.74, 6) is -9.79. The minimum Gasteiger partial charge on any atom is -0.481 e. The highest BCUT2D eigenvalue weighted by Gasteiger charge is 2.34. The van der Waals surface area contributed by atoms with E-state index in [0.29, 0.717) is 0 Å². The average molecular weight is 676 g/mol. The van der Waals surface area contributed by atoms with Crippen LogP contribution in [0.1, 0.15) is 62.4 Å². The number of rotatable bonds is 17. The largest absolute Gasteiger partial charge is 0.481 e. The Bertz CT molecular complexity index is 1670. The number of amides is 4. The van der Waals surface area contributed by atoms with Crippen LogP contribution >= 0.6 is 0 Å². The Morgan fingerprint density at radius 2 is 1.35 bits per heavy atom. The molecule has 0 aliphatic carbocycles. The van der Waals surface area contributed by atoms with Crippen molar-refractivity contribution in [3.05, 3.63) is 39.7 Å². The van der Waals surface area contributed by atoms with Gasteiger partial charge in [0.25, 0.3) is 0 Å². The van der Waals surface area contributed by atoms with Crippen LogP contribution in [0, 0.1) is 12.8 Å². The molecule has 18 heteroatoms.